The van der Waals surface area contributed by atoms with Gasteiger partial charge in [0.2, 0.25) is 0 Å². The Kier molecular flexibility index (Phi) is 3.92. The fraction of sp³-hybridized carbons (Fsp3) is 0.250. The molecule has 0 fully saturated rings. The molecule has 0 aromatic heterocycles. The zero-order valence-corrected chi connectivity index (χ0v) is 8.99. The monoisotopic (exact) mass is 205 g/mol. The summed E-state index contributed by atoms with van der Waals surface area (Å²) in [6.07, 6.45) is 3.98. The van der Waals surface area contributed by atoms with E-state index in [0.29, 0.717) is 5.69 Å². The lowest BCUT2D eigenvalue weighted by atomic mass is 10.1. The number of ether oxygens (including phenoxy) is 1. The summed E-state index contributed by atoms with van der Waals surface area (Å²) in [7, 11) is 1.35. The Morgan fingerprint density at radius 2 is 2.27 bits per heavy atom. The average molecular weight is 205 g/mol. The fourth-order valence-corrected chi connectivity index (χ4v) is 1.21. The van der Waals surface area contributed by atoms with Crippen LogP contribution in [0.1, 0.15) is 18.1 Å². The van der Waals surface area contributed by atoms with E-state index in [1.807, 2.05) is 18.2 Å². The SMILES string of the molecule is CCc1ccc(N)c(C=CC(=O)OC)c1. The van der Waals surface area contributed by atoms with E-state index in [-0.39, 0.29) is 5.97 Å². The molecule has 80 valence electrons. The number of nitrogen functional groups attached to an aromatic ring is 1. The molecule has 0 atom stereocenters. The molecule has 1 aromatic carbocycles. The van der Waals surface area contributed by atoms with Crippen molar-refractivity contribution in [2.45, 2.75) is 13.3 Å². The highest BCUT2D eigenvalue weighted by Crippen LogP contribution is 2.16. The second kappa shape index (κ2) is 5.20. The van der Waals surface area contributed by atoms with E-state index in [1.165, 1.54) is 18.7 Å². The van der Waals surface area contributed by atoms with Gasteiger partial charge in [-0.1, -0.05) is 13.0 Å². The maximum absolute atomic E-state index is 10.9. The Balaban J connectivity index is 2.93. The van der Waals surface area contributed by atoms with Crippen molar-refractivity contribution in [1.82, 2.24) is 0 Å². The Bertz CT molecular complexity index is 383. The molecule has 0 heterocycles. The van der Waals surface area contributed by atoms with Crippen molar-refractivity contribution < 1.29 is 9.53 Å². The highest BCUT2D eigenvalue weighted by molar-refractivity contribution is 5.88. The molecule has 15 heavy (non-hydrogen) atoms. The molecule has 1 rings (SSSR count). The van der Waals surface area contributed by atoms with Gasteiger partial charge in [0.05, 0.1) is 7.11 Å². The molecule has 0 radical (unpaired) electrons. The Morgan fingerprint density at radius 3 is 2.87 bits per heavy atom. The zero-order valence-electron chi connectivity index (χ0n) is 8.99. The van der Waals surface area contributed by atoms with Gasteiger partial charge in [0, 0.05) is 11.8 Å². The number of methoxy groups -OCH3 is 1. The standard InChI is InChI=1S/C12H15NO2/c1-3-9-4-6-11(13)10(8-9)5-7-12(14)15-2/h4-8H,3,13H2,1-2H3. The second-order valence-electron chi connectivity index (χ2n) is 3.17. The lowest BCUT2D eigenvalue weighted by Crippen LogP contribution is -1.95. The first-order valence-corrected chi connectivity index (χ1v) is 4.81. The molecule has 0 aliphatic heterocycles. The smallest absolute Gasteiger partial charge is 0.330 e. The van der Waals surface area contributed by atoms with E-state index in [4.69, 9.17) is 5.73 Å². The molecule has 1 aromatic rings. The number of hydrogen-bond acceptors (Lipinski definition) is 3. The van der Waals surface area contributed by atoms with E-state index in [1.54, 1.807) is 6.08 Å². The normalized spacial score (nSPS) is 10.5. The van der Waals surface area contributed by atoms with Crippen molar-refractivity contribution in [3.8, 4) is 0 Å². The minimum Gasteiger partial charge on any atom is -0.466 e. The van der Waals surface area contributed by atoms with E-state index in [0.717, 1.165) is 12.0 Å². The lowest BCUT2D eigenvalue weighted by molar-refractivity contribution is -0.134. The van der Waals surface area contributed by atoms with E-state index < -0.39 is 0 Å². The van der Waals surface area contributed by atoms with Crippen molar-refractivity contribution in [3.05, 3.63) is 35.4 Å². The van der Waals surface area contributed by atoms with Crippen LogP contribution in [0, 0.1) is 0 Å². The van der Waals surface area contributed by atoms with Gasteiger partial charge >= 0.3 is 5.97 Å². The largest absolute Gasteiger partial charge is 0.466 e. The maximum Gasteiger partial charge on any atom is 0.330 e. The topological polar surface area (TPSA) is 52.3 Å². The molecule has 0 aliphatic rings. The van der Waals surface area contributed by atoms with Crippen LogP contribution in [-0.2, 0) is 16.0 Å². The van der Waals surface area contributed by atoms with Crippen LogP contribution in [0.25, 0.3) is 6.08 Å². The molecule has 0 saturated heterocycles. The number of nitrogens with two attached hydrogens (primary N) is 1. The van der Waals surface area contributed by atoms with Gasteiger partial charge in [0.15, 0.2) is 0 Å². The van der Waals surface area contributed by atoms with Crippen LogP contribution in [0.5, 0.6) is 0 Å². The molecule has 3 nitrogen and oxygen atoms in total. The number of esters is 1. The number of carbonyl (C=O) groups excluding carboxylic acids is 1. The maximum atomic E-state index is 10.9. The Hall–Kier alpha value is -1.77. The van der Waals surface area contributed by atoms with Crippen LogP contribution < -0.4 is 5.73 Å². The number of hydrogen-bond donors (Lipinski definition) is 1. The van der Waals surface area contributed by atoms with E-state index in [9.17, 15) is 4.79 Å². The van der Waals surface area contributed by atoms with Gasteiger partial charge in [-0.15, -0.1) is 0 Å². The van der Waals surface area contributed by atoms with Gasteiger partial charge in [0.25, 0.3) is 0 Å². The number of aryl methyl sites for hydroxylation is 1. The second-order valence-corrected chi connectivity index (χ2v) is 3.17. The summed E-state index contributed by atoms with van der Waals surface area (Å²) >= 11 is 0. The van der Waals surface area contributed by atoms with Crippen LogP contribution in [0.4, 0.5) is 5.69 Å². The van der Waals surface area contributed by atoms with Crippen LogP contribution in [0.15, 0.2) is 24.3 Å². The molecule has 0 saturated carbocycles. The van der Waals surface area contributed by atoms with Gasteiger partial charge < -0.3 is 10.5 Å². The summed E-state index contributed by atoms with van der Waals surface area (Å²) < 4.78 is 4.50. The average Bonchev–Trinajstić information content (AvgIpc) is 2.27. The van der Waals surface area contributed by atoms with Crippen molar-refractivity contribution in [1.29, 1.82) is 0 Å². The molecule has 0 aliphatic carbocycles. The van der Waals surface area contributed by atoms with Crippen LogP contribution in [0.3, 0.4) is 0 Å². The number of anilines is 1. The summed E-state index contributed by atoms with van der Waals surface area (Å²) in [5.74, 6) is -0.378. The first-order valence-electron chi connectivity index (χ1n) is 4.81. The predicted octanol–water partition coefficient (Wildman–Crippen LogP) is 2.02. The molecule has 0 bridgehead atoms. The highest BCUT2D eigenvalue weighted by Gasteiger charge is 1.98. The van der Waals surface area contributed by atoms with Crippen molar-refractivity contribution in [2.75, 3.05) is 12.8 Å². The molecular weight excluding hydrogens is 190 g/mol. The summed E-state index contributed by atoms with van der Waals surface area (Å²) in [6.45, 7) is 2.07. The van der Waals surface area contributed by atoms with Crippen molar-refractivity contribution in [3.63, 3.8) is 0 Å². The first kappa shape index (κ1) is 11.3. The van der Waals surface area contributed by atoms with Crippen molar-refractivity contribution in [2.24, 2.45) is 0 Å². The molecule has 0 spiro atoms. The van der Waals surface area contributed by atoms with Gasteiger partial charge in [-0.25, -0.2) is 4.79 Å². The Labute approximate surface area is 89.5 Å². The first-order chi connectivity index (χ1) is 7.17. The van der Waals surface area contributed by atoms with Crippen LogP contribution in [0.2, 0.25) is 0 Å². The molecule has 2 N–H and O–H groups in total. The fourth-order valence-electron chi connectivity index (χ4n) is 1.21. The summed E-state index contributed by atoms with van der Waals surface area (Å²) in [4.78, 5) is 10.9. The third kappa shape index (κ3) is 3.13. The Morgan fingerprint density at radius 1 is 1.53 bits per heavy atom. The van der Waals surface area contributed by atoms with Crippen LogP contribution in [-0.4, -0.2) is 13.1 Å². The summed E-state index contributed by atoms with van der Waals surface area (Å²) in [5.41, 5.74) is 8.46. The minimum atomic E-state index is -0.378. The summed E-state index contributed by atoms with van der Waals surface area (Å²) in [6, 6.07) is 5.79. The lowest BCUT2D eigenvalue weighted by Gasteiger charge is -2.03. The molecular formula is C12H15NO2. The third-order valence-electron chi connectivity index (χ3n) is 2.16. The number of carbonyl (C=O) groups is 1. The third-order valence-corrected chi connectivity index (χ3v) is 2.16. The highest BCUT2D eigenvalue weighted by atomic mass is 16.5. The zero-order chi connectivity index (χ0) is 11.3. The van der Waals surface area contributed by atoms with Gasteiger partial charge in [-0.05, 0) is 35.8 Å². The van der Waals surface area contributed by atoms with Gasteiger partial charge in [-0.3, -0.25) is 0 Å². The molecule has 3 heteroatoms. The van der Waals surface area contributed by atoms with E-state index >= 15 is 0 Å². The molecule has 0 amide bonds. The van der Waals surface area contributed by atoms with E-state index in [2.05, 4.69) is 11.7 Å². The summed E-state index contributed by atoms with van der Waals surface area (Å²) in [5, 5.41) is 0. The quantitative estimate of drug-likeness (QED) is 0.466. The molecule has 0 unspecified atom stereocenters. The number of benzene rings is 1. The van der Waals surface area contributed by atoms with Crippen LogP contribution >= 0.6 is 0 Å². The number of rotatable bonds is 3. The van der Waals surface area contributed by atoms with Gasteiger partial charge in [-0.2, -0.15) is 0 Å². The minimum absolute atomic E-state index is 0.378. The van der Waals surface area contributed by atoms with Gasteiger partial charge in [0.1, 0.15) is 0 Å². The predicted molar refractivity (Wildman–Crippen MR) is 61.3 cm³/mol. The van der Waals surface area contributed by atoms with Crippen molar-refractivity contribution >= 4 is 17.7 Å².